The number of nitrogens with zero attached hydrogens (tertiary/aromatic N) is 1. The van der Waals surface area contributed by atoms with Gasteiger partial charge < -0.3 is 15.7 Å². The quantitative estimate of drug-likeness (QED) is 0.517. The highest BCUT2D eigenvalue weighted by Gasteiger charge is 2.30. The summed E-state index contributed by atoms with van der Waals surface area (Å²) < 4.78 is 24.1. The Balaban J connectivity index is 2.41. The number of sulfonamides is 1. The van der Waals surface area contributed by atoms with Crippen molar-refractivity contribution in [2.24, 2.45) is 5.92 Å². The topological polar surface area (TPSA) is 133 Å². The van der Waals surface area contributed by atoms with Gasteiger partial charge in [0.25, 0.3) is 0 Å². The molecule has 1 unspecified atom stereocenters. The van der Waals surface area contributed by atoms with Crippen LogP contribution in [0.4, 0.5) is 0 Å². The van der Waals surface area contributed by atoms with Crippen LogP contribution in [-0.2, 0) is 24.4 Å². The molecule has 21 heavy (non-hydrogen) atoms. The number of carboxylic acid groups (broad SMARTS) is 1. The van der Waals surface area contributed by atoms with Crippen LogP contribution >= 0.6 is 0 Å². The van der Waals surface area contributed by atoms with Crippen LogP contribution in [0.25, 0.3) is 0 Å². The van der Waals surface area contributed by atoms with Crippen molar-refractivity contribution in [1.82, 2.24) is 14.9 Å². The average molecular weight is 321 g/mol. The molecule has 1 saturated heterocycles. The van der Waals surface area contributed by atoms with Gasteiger partial charge in [-0.05, 0) is 12.8 Å². The summed E-state index contributed by atoms with van der Waals surface area (Å²) >= 11 is 0. The van der Waals surface area contributed by atoms with Crippen LogP contribution in [0.3, 0.4) is 0 Å². The number of piperidine rings is 1. The molecule has 120 valence electrons. The summed E-state index contributed by atoms with van der Waals surface area (Å²) in [5.41, 5.74) is 0. The molecule has 1 aliphatic heterocycles. The first-order valence-corrected chi connectivity index (χ1v) is 8.26. The summed E-state index contributed by atoms with van der Waals surface area (Å²) in [7, 11) is -3.33. The zero-order valence-corrected chi connectivity index (χ0v) is 12.5. The summed E-state index contributed by atoms with van der Waals surface area (Å²) in [5.74, 6) is -2.69. The van der Waals surface area contributed by atoms with E-state index < -0.39 is 40.3 Å². The third-order valence-corrected chi connectivity index (χ3v) is 4.35. The molecule has 1 fully saturated rings. The van der Waals surface area contributed by atoms with E-state index in [4.69, 9.17) is 5.11 Å². The predicted octanol–water partition coefficient (Wildman–Crippen LogP) is -2.02. The molecule has 0 saturated carbocycles. The molecule has 9 nitrogen and oxygen atoms in total. The van der Waals surface area contributed by atoms with Crippen LogP contribution in [0, 0.1) is 5.92 Å². The van der Waals surface area contributed by atoms with Gasteiger partial charge in [-0.3, -0.25) is 14.4 Å². The van der Waals surface area contributed by atoms with Gasteiger partial charge in [-0.15, -0.1) is 0 Å². The first-order chi connectivity index (χ1) is 9.70. The second-order valence-corrected chi connectivity index (χ2v) is 6.83. The molecular weight excluding hydrogens is 302 g/mol. The van der Waals surface area contributed by atoms with Crippen molar-refractivity contribution in [2.75, 3.05) is 32.4 Å². The van der Waals surface area contributed by atoms with E-state index in [2.05, 4.69) is 10.6 Å². The van der Waals surface area contributed by atoms with Gasteiger partial charge in [0.15, 0.2) is 0 Å². The zero-order valence-electron chi connectivity index (χ0n) is 11.7. The van der Waals surface area contributed by atoms with Gasteiger partial charge in [0, 0.05) is 13.1 Å². The van der Waals surface area contributed by atoms with E-state index in [0.29, 0.717) is 19.4 Å². The van der Waals surface area contributed by atoms with E-state index in [-0.39, 0.29) is 13.1 Å². The van der Waals surface area contributed by atoms with Gasteiger partial charge in [-0.25, -0.2) is 12.7 Å². The van der Waals surface area contributed by atoms with Gasteiger partial charge in [0.1, 0.15) is 6.54 Å². The Labute approximate surface area is 122 Å². The minimum atomic E-state index is -3.33. The lowest BCUT2D eigenvalue weighted by atomic mass is 9.99. The van der Waals surface area contributed by atoms with Gasteiger partial charge in [0.2, 0.25) is 21.8 Å². The SMILES string of the molecule is CS(=O)(=O)N1CCCC(C(=O)NCC(=O)NCC(=O)O)C1. The number of amides is 2. The summed E-state index contributed by atoms with van der Waals surface area (Å²) in [6, 6.07) is 0. The third kappa shape index (κ3) is 6.08. The van der Waals surface area contributed by atoms with Crippen LogP contribution in [0.5, 0.6) is 0 Å². The van der Waals surface area contributed by atoms with Gasteiger partial charge in [-0.1, -0.05) is 0 Å². The minimum absolute atomic E-state index is 0.0986. The largest absolute Gasteiger partial charge is 0.480 e. The summed E-state index contributed by atoms with van der Waals surface area (Å²) in [4.78, 5) is 33.4. The Morgan fingerprint density at radius 2 is 1.90 bits per heavy atom. The van der Waals surface area contributed by atoms with Crippen molar-refractivity contribution in [3.8, 4) is 0 Å². The van der Waals surface area contributed by atoms with Gasteiger partial charge in [-0.2, -0.15) is 0 Å². The maximum absolute atomic E-state index is 11.9. The first-order valence-electron chi connectivity index (χ1n) is 6.41. The van der Waals surface area contributed by atoms with Crippen LogP contribution in [0.1, 0.15) is 12.8 Å². The minimum Gasteiger partial charge on any atom is -0.480 e. The number of nitrogens with one attached hydrogen (secondary N) is 2. The Kier molecular flexibility index (Phi) is 6.09. The molecule has 0 aromatic carbocycles. The molecule has 3 N–H and O–H groups in total. The molecule has 1 rings (SSSR count). The number of rotatable bonds is 6. The monoisotopic (exact) mass is 321 g/mol. The van der Waals surface area contributed by atoms with E-state index in [1.54, 1.807) is 0 Å². The molecule has 0 aliphatic carbocycles. The highest BCUT2D eigenvalue weighted by Crippen LogP contribution is 2.18. The Hall–Kier alpha value is -1.68. The maximum Gasteiger partial charge on any atom is 0.322 e. The third-order valence-electron chi connectivity index (χ3n) is 3.08. The summed E-state index contributed by atoms with van der Waals surface area (Å²) in [6.07, 6.45) is 2.22. The fourth-order valence-corrected chi connectivity index (χ4v) is 2.92. The lowest BCUT2D eigenvalue weighted by Crippen LogP contribution is -2.47. The number of carbonyl (C=O) groups excluding carboxylic acids is 2. The first kappa shape index (κ1) is 17.4. The summed E-state index contributed by atoms with van der Waals surface area (Å²) in [6.45, 7) is -0.357. The number of hydrogen-bond donors (Lipinski definition) is 3. The number of carbonyl (C=O) groups is 3. The van der Waals surface area contributed by atoms with Crippen molar-refractivity contribution < 1.29 is 27.9 Å². The Morgan fingerprint density at radius 1 is 1.24 bits per heavy atom. The van der Waals surface area contributed by atoms with Crippen molar-refractivity contribution >= 4 is 27.8 Å². The molecule has 2 amide bonds. The van der Waals surface area contributed by atoms with Crippen LogP contribution in [0.15, 0.2) is 0 Å². The van der Waals surface area contributed by atoms with Crippen LogP contribution in [-0.4, -0.2) is 68.0 Å². The molecule has 0 aromatic heterocycles. The highest BCUT2D eigenvalue weighted by atomic mass is 32.2. The van der Waals surface area contributed by atoms with Gasteiger partial charge in [0.05, 0.1) is 18.7 Å². The number of hydrogen-bond acceptors (Lipinski definition) is 5. The Morgan fingerprint density at radius 3 is 2.48 bits per heavy atom. The second-order valence-electron chi connectivity index (χ2n) is 4.85. The van der Waals surface area contributed by atoms with E-state index >= 15 is 0 Å². The standard InChI is InChI=1S/C11H19N3O6S/c1-21(19,20)14-4-2-3-8(7-14)11(18)13-5-9(15)12-6-10(16)17/h8H,2-7H2,1H3,(H,12,15)(H,13,18)(H,16,17). The number of aliphatic carboxylic acids is 1. The van der Waals surface area contributed by atoms with Crippen molar-refractivity contribution in [3.05, 3.63) is 0 Å². The van der Waals surface area contributed by atoms with Crippen LogP contribution in [0.2, 0.25) is 0 Å². The predicted molar refractivity (Wildman–Crippen MR) is 72.8 cm³/mol. The van der Waals surface area contributed by atoms with Crippen molar-refractivity contribution in [3.63, 3.8) is 0 Å². The van der Waals surface area contributed by atoms with Crippen LogP contribution < -0.4 is 10.6 Å². The van der Waals surface area contributed by atoms with E-state index in [0.717, 1.165) is 6.26 Å². The van der Waals surface area contributed by atoms with Crippen molar-refractivity contribution in [1.29, 1.82) is 0 Å². The second kappa shape index (κ2) is 7.36. The van der Waals surface area contributed by atoms with Gasteiger partial charge >= 0.3 is 5.97 Å². The Bertz CT molecular complexity index is 518. The molecule has 0 spiro atoms. The molecule has 0 bridgehead atoms. The lowest BCUT2D eigenvalue weighted by Gasteiger charge is -2.30. The average Bonchev–Trinajstić information content (AvgIpc) is 2.41. The zero-order chi connectivity index (χ0) is 16.0. The molecule has 10 heteroatoms. The molecule has 0 aromatic rings. The highest BCUT2D eigenvalue weighted by molar-refractivity contribution is 7.88. The number of carboxylic acids is 1. The molecule has 1 aliphatic rings. The summed E-state index contributed by atoms with van der Waals surface area (Å²) in [5, 5.41) is 12.9. The maximum atomic E-state index is 11.9. The normalized spacial score (nSPS) is 19.8. The van der Waals surface area contributed by atoms with E-state index in [9.17, 15) is 22.8 Å². The van der Waals surface area contributed by atoms with E-state index in [1.807, 2.05) is 0 Å². The molecule has 1 atom stereocenters. The molecular formula is C11H19N3O6S. The fourth-order valence-electron chi connectivity index (χ4n) is 2.01. The van der Waals surface area contributed by atoms with Crippen molar-refractivity contribution in [2.45, 2.75) is 12.8 Å². The smallest absolute Gasteiger partial charge is 0.322 e. The van der Waals surface area contributed by atoms with E-state index in [1.165, 1.54) is 4.31 Å². The molecule has 0 radical (unpaired) electrons. The lowest BCUT2D eigenvalue weighted by molar-refractivity contribution is -0.137. The molecule has 1 heterocycles. The fraction of sp³-hybridized carbons (Fsp3) is 0.727.